The van der Waals surface area contributed by atoms with Crippen molar-refractivity contribution in [2.24, 2.45) is 5.92 Å². The van der Waals surface area contributed by atoms with Gasteiger partial charge >= 0.3 is 0 Å². The van der Waals surface area contributed by atoms with Gasteiger partial charge in [0.25, 0.3) is 0 Å². The lowest BCUT2D eigenvalue weighted by Crippen LogP contribution is -2.37. The van der Waals surface area contributed by atoms with Crippen LogP contribution in [0.5, 0.6) is 0 Å². The number of pyridine rings is 1. The predicted octanol–water partition coefficient (Wildman–Crippen LogP) is 2.76. The Hall–Kier alpha value is -1.39. The van der Waals surface area contributed by atoms with Crippen molar-refractivity contribution in [3.05, 3.63) is 35.1 Å². The number of nitrogens with zero attached hydrogens (tertiary/aromatic N) is 2. The summed E-state index contributed by atoms with van der Waals surface area (Å²) < 4.78 is 0. The minimum Gasteiger partial charge on any atom is -0.393 e. The van der Waals surface area contributed by atoms with E-state index in [2.05, 4.69) is 4.98 Å². The number of halogens is 1. The minimum absolute atomic E-state index is 0.0688. The molecule has 2 unspecified atom stereocenters. The first-order chi connectivity index (χ1) is 10.1. The second kappa shape index (κ2) is 7.57. The highest BCUT2D eigenvalue weighted by molar-refractivity contribution is 6.29. The Morgan fingerprint density at radius 1 is 1.52 bits per heavy atom. The third-order valence-electron chi connectivity index (χ3n) is 3.92. The smallest absolute Gasteiger partial charge is 0.246 e. The van der Waals surface area contributed by atoms with Crippen LogP contribution in [-0.2, 0) is 4.79 Å². The highest BCUT2D eigenvalue weighted by Crippen LogP contribution is 2.24. The number of carbonyl (C=O) groups excluding carboxylic acids is 1. The van der Waals surface area contributed by atoms with E-state index in [1.807, 2.05) is 0 Å². The average molecular weight is 309 g/mol. The van der Waals surface area contributed by atoms with Crippen molar-refractivity contribution in [2.45, 2.75) is 31.8 Å². The van der Waals surface area contributed by atoms with E-state index in [0.717, 1.165) is 31.2 Å². The monoisotopic (exact) mass is 308 g/mol. The maximum Gasteiger partial charge on any atom is 0.246 e. The number of likely N-dealkylation sites (N-methyl/N-ethyl adjacent to an activating group) is 1. The zero-order valence-electron chi connectivity index (χ0n) is 12.2. The average Bonchev–Trinajstić information content (AvgIpc) is 2.47. The molecule has 0 spiro atoms. The molecule has 0 aliphatic heterocycles. The molecule has 0 radical (unpaired) electrons. The van der Waals surface area contributed by atoms with E-state index in [-0.39, 0.29) is 17.9 Å². The molecule has 1 amide bonds. The summed E-state index contributed by atoms with van der Waals surface area (Å²) in [6.07, 6.45) is 8.63. The molecule has 2 atom stereocenters. The van der Waals surface area contributed by atoms with Crippen LogP contribution < -0.4 is 0 Å². The normalized spacial score (nSPS) is 22.4. The summed E-state index contributed by atoms with van der Waals surface area (Å²) in [5, 5.41) is 10.4. The molecule has 1 aliphatic carbocycles. The molecule has 0 bridgehead atoms. The van der Waals surface area contributed by atoms with Crippen molar-refractivity contribution >= 4 is 23.6 Å². The molecule has 5 heteroatoms. The van der Waals surface area contributed by atoms with Crippen molar-refractivity contribution in [1.82, 2.24) is 9.88 Å². The standard InChI is InChI=1S/C16H21ClN2O2/c1-19(11-13-4-2-3-5-14(13)20)16(21)7-6-12-8-9-18-15(17)10-12/h6-10,13-14,20H,2-5,11H2,1H3/b7-6+. The number of carbonyl (C=O) groups is 1. The summed E-state index contributed by atoms with van der Waals surface area (Å²) in [6, 6.07) is 3.50. The Bertz CT molecular complexity index is 519. The van der Waals surface area contributed by atoms with Crippen LogP contribution in [0.2, 0.25) is 5.15 Å². The molecule has 1 aromatic heterocycles. The fourth-order valence-corrected chi connectivity index (χ4v) is 2.84. The van der Waals surface area contributed by atoms with Gasteiger partial charge in [-0.25, -0.2) is 4.98 Å². The Morgan fingerprint density at radius 3 is 3.00 bits per heavy atom. The molecule has 1 fully saturated rings. The van der Waals surface area contributed by atoms with Crippen LogP contribution in [0.25, 0.3) is 6.08 Å². The van der Waals surface area contributed by atoms with Gasteiger partial charge in [0.15, 0.2) is 0 Å². The lowest BCUT2D eigenvalue weighted by Gasteiger charge is -2.30. The lowest BCUT2D eigenvalue weighted by atomic mass is 9.86. The largest absolute Gasteiger partial charge is 0.393 e. The fraction of sp³-hybridized carbons (Fsp3) is 0.500. The van der Waals surface area contributed by atoms with Gasteiger partial charge in [0.2, 0.25) is 5.91 Å². The van der Waals surface area contributed by atoms with E-state index >= 15 is 0 Å². The van der Waals surface area contributed by atoms with Crippen molar-refractivity contribution in [2.75, 3.05) is 13.6 Å². The van der Waals surface area contributed by atoms with Crippen LogP contribution in [0, 0.1) is 5.92 Å². The molecule has 1 saturated carbocycles. The molecule has 114 valence electrons. The van der Waals surface area contributed by atoms with Crippen LogP contribution in [0.15, 0.2) is 24.4 Å². The zero-order chi connectivity index (χ0) is 15.2. The highest BCUT2D eigenvalue weighted by atomic mass is 35.5. The maximum atomic E-state index is 12.1. The Balaban J connectivity index is 1.90. The first kappa shape index (κ1) is 16.0. The summed E-state index contributed by atoms with van der Waals surface area (Å²) in [4.78, 5) is 17.7. The molecule has 0 saturated heterocycles. The van der Waals surface area contributed by atoms with Gasteiger partial charge in [0, 0.05) is 31.8 Å². The summed E-state index contributed by atoms with van der Waals surface area (Å²) in [6.45, 7) is 0.599. The second-order valence-electron chi connectivity index (χ2n) is 5.58. The zero-order valence-corrected chi connectivity index (χ0v) is 13.0. The molecule has 2 rings (SSSR count). The highest BCUT2D eigenvalue weighted by Gasteiger charge is 2.24. The van der Waals surface area contributed by atoms with Gasteiger partial charge < -0.3 is 10.0 Å². The van der Waals surface area contributed by atoms with Crippen molar-refractivity contribution < 1.29 is 9.90 Å². The first-order valence-corrected chi connectivity index (χ1v) is 7.67. The van der Waals surface area contributed by atoms with Crippen LogP contribution >= 0.6 is 11.6 Å². The maximum absolute atomic E-state index is 12.1. The lowest BCUT2D eigenvalue weighted by molar-refractivity contribution is -0.126. The molecular weight excluding hydrogens is 288 g/mol. The number of aliphatic hydroxyl groups is 1. The van der Waals surface area contributed by atoms with E-state index in [9.17, 15) is 9.90 Å². The van der Waals surface area contributed by atoms with Gasteiger partial charge in [-0.1, -0.05) is 24.4 Å². The quantitative estimate of drug-likeness (QED) is 0.687. The SMILES string of the molecule is CN(CC1CCCCC1O)C(=O)/C=C/c1ccnc(Cl)c1. The van der Waals surface area contributed by atoms with E-state index < -0.39 is 0 Å². The van der Waals surface area contributed by atoms with E-state index in [1.54, 1.807) is 36.4 Å². The minimum atomic E-state index is -0.281. The van der Waals surface area contributed by atoms with Crippen molar-refractivity contribution in [1.29, 1.82) is 0 Å². The third kappa shape index (κ3) is 4.83. The summed E-state index contributed by atoms with van der Waals surface area (Å²) in [5.74, 6) is 0.122. The number of hydrogen-bond donors (Lipinski definition) is 1. The van der Waals surface area contributed by atoms with Crippen molar-refractivity contribution in [3.8, 4) is 0 Å². The van der Waals surface area contributed by atoms with E-state index in [4.69, 9.17) is 11.6 Å². The third-order valence-corrected chi connectivity index (χ3v) is 4.13. The molecule has 1 N–H and O–H groups in total. The van der Waals surface area contributed by atoms with Crippen LogP contribution in [0.4, 0.5) is 0 Å². The van der Waals surface area contributed by atoms with Crippen LogP contribution in [0.1, 0.15) is 31.2 Å². The fourth-order valence-electron chi connectivity index (χ4n) is 2.66. The first-order valence-electron chi connectivity index (χ1n) is 7.29. The predicted molar refractivity (Wildman–Crippen MR) is 83.9 cm³/mol. The van der Waals surface area contributed by atoms with Crippen molar-refractivity contribution in [3.63, 3.8) is 0 Å². The van der Waals surface area contributed by atoms with E-state index in [1.165, 1.54) is 6.08 Å². The molecule has 21 heavy (non-hydrogen) atoms. The molecule has 0 aromatic carbocycles. The number of amides is 1. The Morgan fingerprint density at radius 2 is 2.29 bits per heavy atom. The van der Waals surface area contributed by atoms with Gasteiger partial charge in [-0.3, -0.25) is 4.79 Å². The Labute approximate surface area is 130 Å². The van der Waals surface area contributed by atoms with Gasteiger partial charge in [0.1, 0.15) is 5.15 Å². The molecule has 1 heterocycles. The van der Waals surface area contributed by atoms with Gasteiger partial charge in [-0.15, -0.1) is 0 Å². The second-order valence-corrected chi connectivity index (χ2v) is 5.96. The molecule has 4 nitrogen and oxygen atoms in total. The van der Waals surface area contributed by atoms with Gasteiger partial charge in [-0.2, -0.15) is 0 Å². The number of hydrogen-bond acceptors (Lipinski definition) is 3. The topological polar surface area (TPSA) is 53.4 Å². The summed E-state index contributed by atoms with van der Waals surface area (Å²) in [7, 11) is 1.77. The number of aliphatic hydroxyl groups excluding tert-OH is 1. The molecule has 1 aromatic rings. The number of aromatic nitrogens is 1. The molecular formula is C16H21ClN2O2. The summed E-state index contributed by atoms with van der Waals surface area (Å²) >= 11 is 5.80. The number of rotatable bonds is 4. The van der Waals surface area contributed by atoms with E-state index in [0.29, 0.717) is 11.7 Å². The van der Waals surface area contributed by atoms with Gasteiger partial charge in [-0.05, 0) is 36.6 Å². The summed E-state index contributed by atoms with van der Waals surface area (Å²) in [5.41, 5.74) is 0.842. The Kier molecular flexibility index (Phi) is 5.76. The van der Waals surface area contributed by atoms with Crippen LogP contribution in [-0.4, -0.2) is 40.6 Å². The van der Waals surface area contributed by atoms with Gasteiger partial charge in [0.05, 0.1) is 6.10 Å². The van der Waals surface area contributed by atoms with Crippen LogP contribution in [0.3, 0.4) is 0 Å². The molecule has 1 aliphatic rings.